The van der Waals surface area contributed by atoms with Crippen LogP contribution in [0.1, 0.15) is 20.8 Å². The molecule has 0 aromatic rings. The zero-order valence-corrected chi connectivity index (χ0v) is 10.3. The fraction of sp³-hybridized carbons (Fsp3) is 1.00. The van der Waals surface area contributed by atoms with Crippen LogP contribution < -0.4 is 5.73 Å². The van der Waals surface area contributed by atoms with Crippen molar-refractivity contribution < 1.29 is 13.2 Å². The number of sulfonamides is 1. The van der Waals surface area contributed by atoms with E-state index in [4.69, 9.17) is 10.5 Å². The molecule has 1 fully saturated rings. The van der Waals surface area contributed by atoms with E-state index in [0.717, 1.165) is 0 Å². The lowest BCUT2D eigenvalue weighted by molar-refractivity contribution is -0.0121. The van der Waals surface area contributed by atoms with Crippen LogP contribution in [0.25, 0.3) is 0 Å². The van der Waals surface area contributed by atoms with Crippen LogP contribution >= 0.6 is 0 Å². The summed E-state index contributed by atoms with van der Waals surface area (Å²) < 4.78 is 30.7. The van der Waals surface area contributed by atoms with Crippen LogP contribution in [-0.4, -0.2) is 49.8 Å². The zero-order chi connectivity index (χ0) is 11.6. The number of rotatable bonds is 3. The van der Waals surface area contributed by atoms with Gasteiger partial charge in [-0.05, 0) is 20.8 Å². The van der Waals surface area contributed by atoms with Crippen LogP contribution in [0.5, 0.6) is 0 Å². The molecule has 1 aliphatic rings. The zero-order valence-electron chi connectivity index (χ0n) is 9.51. The van der Waals surface area contributed by atoms with Gasteiger partial charge in [-0.2, -0.15) is 4.31 Å². The topological polar surface area (TPSA) is 72.6 Å². The first kappa shape index (κ1) is 12.9. The van der Waals surface area contributed by atoms with Gasteiger partial charge in [0.2, 0.25) is 10.0 Å². The SMILES string of the molecule is CC(N)C1CN(S(=O)(=O)C(C)C)CCO1. The molecule has 15 heavy (non-hydrogen) atoms. The molecule has 0 amide bonds. The number of nitrogens with two attached hydrogens (primary N) is 1. The largest absolute Gasteiger partial charge is 0.374 e. The Morgan fingerprint density at radius 1 is 1.40 bits per heavy atom. The first-order valence-corrected chi connectivity index (χ1v) is 6.72. The van der Waals surface area contributed by atoms with Crippen molar-refractivity contribution in [1.82, 2.24) is 4.31 Å². The molecule has 1 saturated heterocycles. The number of ether oxygens (including phenoxy) is 1. The highest BCUT2D eigenvalue weighted by Crippen LogP contribution is 2.15. The van der Waals surface area contributed by atoms with Crippen LogP contribution in [0.15, 0.2) is 0 Å². The third-order valence-corrected chi connectivity index (χ3v) is 4.84. The lowest BCUT2D eigenvalue weighted by Gasteiger charge is -2.34. The molecule has 2 atom stereocenters. The van der Waals surface area contributed by atoms with E-state index < -0.39 is 10.0 Å². The average Bonchev–Trinajstić information content (AvgIpc) is 2.17. The van der Waals surface area contributed by atoms with Gasteiger partial charge in [0.25, 0.3) is 0 Å². The number of morpholine rings is 1. The highest BCUT2D eigenvalue weighted by atomic mass is 32.2. The van der Waals surface area contributed by atoms with E-state index in [1.54, 1.807) is 13.8 Å². The van der Waals surface area contributed by atoms with Crippen molar-refractivity contribution in [3.63, 3.8) is 0 Å². The summed E-state index contributed by atoms with van der Waals surface area (Å²) in [5, 5.41) is -0.385. The summed E-state index contributed by atoms with van der Waals surface area (Å²) >= 11 is 0. The van der Waals surface area contributed by atoms with Gasteiger partial charge in [-0.1, -0.05) is 0 Å². The van der Waals surface area contributed by atoms with Gasteiger partial charge in [-0.25, -0.2) is 8.42 Å². The maximum atomic E-state index is 11.9. The molecule has 0 spiro atoms. The van der Waals surface area contributed by atoms with Gasteiger partial charge in [0, 0.05) is 19.1 Å². The molecular formula is C9H20N2O3S. The van der Waals surface area contributed by atoms with Gasteiger partial charge in [-0.3, -0.25) is 0 Å². The van der Waals surface area contributed by atoms with E-state index in [9.17, 15) is 8.42 Å². The summed E-state index contributed by atoms with van der Waals surface area (Å²) in [6.45, 7) is 6.44. The molecular weight excluding hydrogens is 216 g/mol. The van der Waals surface area contributed by atoms with Crippen LogP contribution in [0.2, 0.25) is 0 Å². The van der Waals surface area contributed by atoms with Crippen molar-refractivity contribution >= 4 is 10.0 Å². The van der Waals surface area contributed by atoms with Crippen LogP contribution in [0.3, 0.4) is 0 Å². The van der Waals surface area contributed by atoms with Crippen LogP contribution in [0, 0.1) is 0 Å². The minimum atomic E-state index is -3.17. The minimum Gasteiger partial charge on any atom is -0.374 e. The van der Waals surface area contributed by atoms with Gasteiger partial charge < -0.3 is 10.5 Å². The van der Waals surface area contributed by atoms with Crippen molar-refractivity contribution in [2.45, 2.75) is 38.2 Å². The molecule has 6 heteroatoms. The van der Waals surface area contributed by atoms with Crippen molar-refractivity contribution in [1.29, 1.82) is 0 Å². The summed E-state index contributed by atoms with van der Waals surface area (Å²) in [6, 6.07) is -0.143. The summed E-state index contributed by atoms with van der Waals surface area (Å²) in [4.78, 5) is 0. The molecule has 90 valence electrons. The Kier molecular flexibility index (Phi) is 4.11. The fourth-order valence-electron chi connectivity index (χ4n) is 1.50. The second kappa shape index (κ2) is 4.78. The molecule has 0 radical (unpaired) electrons. The van der Waals surface area contributed by atoms with Crippen molar-refractivity contribution in [2.75, 3.05) is 19.7 Å². The maximum absolute atomic E-state index is 11.9. The first-order chi connectivity index (χ1) is 6.85. The van der Waals surface area contributed by atoms with E-state index in [1.165, 1.54) is 4.31 Å². The molecule has 5 nitrogen and oxygen atoms in total. The number of hydrogen-bond acceptors (Lipinski definition) is 4. The highest BCUT2D eigenvalue weighted by Gasteiger charge is 2.32. The Bertz CT molecular complexity index is 300. The van der Waals surface area contributed by atoms with Crippen LogP contribution in [0.4, 0.5) is 0 Å². The number of nitrogens with zero attached hydrogens (tertiary/aromatic N) is 1. The predicted molar refractivity (Wildman–Crippen MR) is 59.0 cm³/mol. The Hall–Kier alpha value is -0.170. The molecule has 0 aromatic heterocycles. The molecule has 0 aliphatic carbocycles. The van der Waals surface area contributed by atoms with Gasteiger partial charge in [0.05, 0.1) is 18.0 Å². The van der Waals surface area contributed by atoms with Gasteiger partial charge in [0.15, 0.2) is 0 Å². The Morgan fingerprint density at radius 3 is 2.47 bits per heavy atom. The first-order valence-electron chi connectivity index (χ1n) is 5.22. The van der Waals surface area contributed by atoms with E-state index in [0.29, 0.717) is 19.7 Å². The van der Waals surface area contributed by atoms with E-state index in [1.807, 2.05) is 6.92 Å². The summed E-state index contributed by atoms with van der Waals surface area (Å²) in [5.41, 5.74) is 5.70. The maximum Gasteiger partial charge on any atom is 0.216 e. The molecule has 1 heterocycles. The van der Waals surface area contributed by atoms with Gasteiger partial charge >= 0.3 is 0 Å². The van der Waals surface area contributed by atoms with E-state index >= 15 is 0 Å². The second-order valence-corrected chi connectivity index (χ2v) is 6.71. The fourth-order valence-corrected chi connectivity index (χ4v) is 2.78. The monoisotopic (exact) mass is 236 g/mol. The Labute approximate surface area is 91.6 Å². The summed E-state index contributed by atoms with van der Waals surface area (Å²) in [6.07, 6.45) is -0.188. The van der Waals surface area contributed by atoms with Gasteiger partial charge in [0.1, 0.15) is 0 Å². The van der Waals surface area contributed by atoms with E-state index in [-0.39, 0.29) is 17.4 Å². The quantitative estimate of drug-likeness (QED) is 0.735. The molecule has 0 aromatic carbocycles. The van der Waals surface area contributed by atoms with Crippen molar-refractivity contribution in [2.24, 2.45) is 5.73 Å². The predicted octanol–water partition coefficient (Wildman–Crippen LogP) is -0.227. The lowest BCUT2D eigenvalue weighted by atomic mass is 10.2. The van der Waals surface area contributed by atoms with Crippen molar-refractivity contribution in [3.05, 3.63) is 0 Å². The molecule has 0 saturated carbocycles. The third kappa shape index (κ3) is 2.90. The Balaban J connectivity index is 2.72. The molecule has 1 aliphatic heterocycles. The molecule has 2 unspecified atom stereocenters. The summed E-state index contributed by atoms with van der Waals surface area (Å²) in [5.74, 6) is 0. The minimum absolute atomic E-state index is 0.143. The smallest absolute Gasteiger partial charge is 0.216 e. The van der Waals surface area contributed by atoms with Gasteiger partial charge in [-0.15, -0.1) is 0 Å². The van der Waals surface area contributed by atoms with Crippen LogP contribution in [-0.2, 0) is 14.8 Å². The Morgan fingerprint density at radius 2 is 2.00 bits per heavy atom. The number of hydrogen-bond donors (Lipinski definition) is 1. The molecule has 1 rings (SSSR count). The second-order valence-electron chi connectivity index (χ2n) is 4.22. The normalized spacial score (nSPS) is 26.9. The molecule has 0 bridgehead atoms. The standard InChI is InChI=1S/C9H20N2O3S/c1-7(2)15(12,13)11-4-5-14-9(6-11)8(3)10/h7-9H,4-6,10H2,1-3H3. The third-order valence-electron chi connectivity index (χ3n) is 2.60. The average molecular weight is 236 g/mol. The summed E-state index contributed by atoms with van der Waals surface area (Å²) in [7, 11) is -3.17. The van der Waals surface area contributed by atoms with Crippen molar-refractivity contribution in [3.8, 4) is 0 Å². The van der Waals surface area contributed by atoms with E-state index in [2.05, 4.69) is 0 Å². The molecule has 2 N–H and O–H groups in total. The highest BCUT2D eigenvalue weighted by molar-refractivity contribution is 7.89. The lowest BCUT2D eigenvalue weighted by Crippen LogP contribution is -2.52.